The number of aromatic nitrogens is 1. The minimum atomic E-state index is 0.725. The zero-order valence-electron chi connectivity index (χ0n) is 13.5. The van der Waals surface area contributed by atoms with Crippen molar-refractivity contribution < 1.29 is 0 Å². The Balaban J connectivity index is 1.55. The molecule has 0 radical (unpaired) electrons. The maximum atomic E-state index is 4.82. The summed E-state index contributed by atoms with van der Waals surface area (Å²) in [5.74, 6) is 0. The largest absolute Gasteiger partial charge is 0.309 e. The first-order chi connectivity index (χ1) is 10.2. The van der Waals surface area contributed by atoms with Crippen LogP contribution in [0.25, 0.3) is 0 Å². The van der Waals surface area contributed by atoms with Crippen molar-refractivity contribution in [2.24, 2.45) is 0 Å². The Labute approximate surface area is 133 Å². The van der Waals surface area contributed by atoms with Crippen LogP contribution in [0.5, 0.6) is 0 Å². The molecule has 1 atom stereocenters. The molecule has 1 aliphatic heterocycles. The Bertz CT molecular complexity index is 451. The van der Waals surface area contributed by atoms with Crippen molar-refractivity contribution in [1.29, 1.82) is 0 Å². The summed E-state index contributed by atoms with van der Waals surface area (Å²) >= 11 is 1.92. The molecule has 1 aromatic heterocycles. The van der Waals surface area contributed by atoms with Gasteiger partial charge in [0.05, 0.1) is 12.2 Å². The summed E-state index contributed by atoms with van der Waals surface area (Å²) in [5.41, 5.74) is 1.24. The first-order valence-corrected chi connectivity index (χ1v) is 9.46. The molecule has 21 heavy (non-hydrogen) atoms. The van der Waals surface area contributed by atoms with Gasteiger partial charge < -0.3 is 5.32 Å². The van der Waals surface area contributed by atoms with Crippen LogP contribution in [0.3, 0.4) is 0 Å². The van der Waals surface area contributed by atoms with E-state index in [1.165, 1.54) is 67.1 Å². The van der Waals surface area contributed by atoms with E-state index >= 15 is 0 Å². The highest BCUT2D eigenvalue weighted by Gasteiger charge is 2.20. The standard InChI is InChI=1S/C17H29N3S/c1-13-7-5-6-10-20(13)12-17-19-14(2)16(21-17)11-18-15-8-3-4-9-15/h13,15,18H,3-12H2,1-2H3. The molecule has 1 N–H and O–H groups in total. The minimum Gasteiger partial charge on any atom is -0.309 e. The van der Waals surface area contributed by atoms with Crippen molar-refractivity contribution in [2.45, 2.75) is 84.0 Å². The molecule has 1 aliphatic carbocycles. The van der Waals surface area contributed by atoms with Crippen LogP contribution in [0.1, 0.15) is 67.4 Å². The molecular formula is C17H29N3S. The molecule has 1 saturated carbocycles. The Hall–Kier alpha value is -0.450. The van der Waals surface area contributed by atoms with Gasteiger partial charge in [-0.25, -0.2) is 4.98 Å². The summed E-state index contributed by atoms with van der Waals surface area (Å²) in [6.07, 6.45) is 9.61. The number of likely N-dealkylation sites (tertiary alicyclic amines) is 1. The normalized spacial score (nSPS) is 24.8. The predicted molar refractivity (Wildman–Crippen MR) is 89.7 cm³/mol. The second-order valence-corrected chi connectivity index (χ2v) is 7.96. The maximum absolute atomic E-state index is 4.82. The van der Waals surface area contributed by atoms with Crippen LogP contribution in [0, 0.1) is 6.92 Å². The van der Waals surface area contributed by atoms with Crippen molar-refractivity contribution in [3.8, 4) is 0 Å². The zero-order valence-corrected chi connectivity index (χ0v) is 14.3. The van der Waals surface area contributed by atoms with Gasteiger partial charge in [-0.1, -0.05) is 19.3 Å². The molecule has 0 aromatic carbocycles. The van der Waals surface area contributed by atoms with Gasteiger partial charge in [0.25, 0.3) is 0 Å². The van der Waals surface area contributed by atoms with Crippen LogP contribution >= 0.6 is 11.3 Å². The summed E-state index contributed by atoms with van der Waals surface area (Å²) in [4.78, 5) is 8.87. The minimum absolute atomic E-state index is 0.725. The van der Waals surface area contributed by atoms with Gasteiger partial charge in [-0.2, -0.15) is 0 Å². The fourth-order valence-electron chi connectivity index (χ4n) is 3.65. The second-order valence-electron chi connectivity index (χ2n) is 6.79. The summed E-state index contributed by atoms with van der Waals surface area (Å²) in [5, 5.41) is 5.03. The van der Waals surface area contributed by atoms with Gasteiger partial charge in [0.2, 0.25) is 0 Å². The topological polar surface area (TPSA) is 28.2 Å². The first kappa shape index (κ1) is 15.4. The highest BCUT2D eigenvalue weighted by molar-refractivity contribution is 7.11. The molecular weight excluding hydrogens is 278 g/mol. The molecule has 4 heteroatoms. The first-order valence-electron chi connectivity index (χ1n) is 8.65. The highest BCUT2D eigenvalue weighted by Crippen LogP contribution is 2.24. The van der Waals surface area contributed by atoms with E-state index in [0.29, 0.717) is 0 Å². The molecule has 1 saturated heterocycles. The fraction of sp³-hybridized carbons (Fsp3) is 0.824. The average Bonchev–Trinajstić information content (AvgIpc) is 3.09. The van der Waals surface area contributed by atoms with E-state index in [1.807, 2.05) is 11.3 Å². The van der Waals surface area contributed by atoms with Gasteiger partial charge in [-0.15, -0.1) is 11.3 Å². The van der Waals surface area contributed by atoms with Crippen LogP contribution < -0.4 is 5.32 Å². The van der Waals surface area contributed by atoms with E-state index in [9.17, 15) is 0 Å². The Morgan fingerprint density at radius 2 is 1.95 bits per heavy atom. The van der Waals surface area contributed by atoms with Crippen molar-refractivity contribution in [3.05, 3.63) is 15.6 Å². The quantitative estimate of drug-likeness (QED) is 0.895. The molecule has 3 rings (SSSR count). The summed E-state index contributed by atoms with van der Waals surface area (Å²) in [6, 6.07) is 1.47. The number of nitrogens with zero attached hydrogens (tertiary/aromatic N) is 2. The number of hydrogen-bond acceptors (Lipinski definition) is 4. The third-order valence-corrected chi connectivity index (χ3v) is 6.26. The fourth-order valence-corrected chi connectivity index (χ4v) is 4.70. The predicted octanol–water partition coefficient (Wildman–Crippen LogP) is 3.86. The lowest BCUT2D eigenvalue weighted by Gasteiger charge is -2.32. The van der Waals surface area contributed by atoms with Gasteiger partial charge in [0.15, 0.2) is 0 Å². The molecule has 0 bridgehead atoms. The molecule has 3 nitrogen and oxygen atoms in total. The lowest BCUT2D eigenvalue weighted by Crippen LogP contribution is -2.36. The molecule has 0 amide bonds. The van der Waals surface area contributed by atoms with E-state index in [4.69, 9.17) is 4.98 Å². The number of hydrogen-bond donors (Lipinski definition) is 1. The van der Waals surface area contributed by atoms with E-state index in [0.717, 1.165) is 25.2 Å². The maximum Gasteiger partial charge on any atom is 0.107 e. The number of aryl methyl sites for hydroxylation is 1. The van der Waals surface area contributed by atoms with Gasteiger partial charge in [0.1, 0.15) is 5.01 Å². The molecule has 1 unspecified atom stereocenters. The summed E-state index contributed by atoms with van der Waals surface area (Å²) in [6.45, 7) is 7.85. The lowest BCUT2D eigenvalue weighted by molar-refractivity contribution is 0.152. The van der Waals surface area contributed by atoms with Crippen molar-refractivity contribution in [3.63, 3.8) is 0 Å². The van der Waals surface area contributed by atoms with E-state index in [2.05, 4.69) is 24.1 Å². The van der Waals surface area contributed by atoms with Crippen LogP contribution in [0.2, 0.25) is 0 Å². The summed E-state index contributed by atoms with van der Waals surface area (Å²) < 4.78 is 0. The Morgan fingerprint density at radius 1 is 1.19 bits per heavy atom. The smallest absolute Gasteiger partial charge is 0.107 e. The highest BCUT2D eigenvalue weighted by atomic mass is 32.1. The SMILES string of the molecule is Cc1nc(CN2CCCCC2C)sc1CNC1CCCC1. The van der Waals surface area contributed by atoms with Crippen molar-refractivity contribution in [2.75, 3.05) is 6.54 Å². The Morgan fingerprint density at radius 3 is 2.71 bits per heavy atom. The second kappa shape index (κ2) is 7.21. The van der Waals surface area contributed by atoms with Crippen LogP contribution in [0.4, 0.5) is 0 Å². The van der Waals surface area contributed by atoms with Gasteiger partial charge in [0, 0.05) is 23.5 Å². The number of thiazole rings is 1. The summed E-state index contributed by atoms with van der Waals surface area (Å²) in [7, 11) is 0. The number of rotatable bonds is 5. The molecule has 118 valence electrons. The monoisotopic (exact) mass is 307 g/mol. The zero-order chi connectivity index (χ0) is 14.7. The van der Waals surface area contributed by atoms with E-state index in [1.54, 1.807) is 0 Å². The third kappa shape index (κ3) is 4.05. The number of piperidine rings is 1. The van der Waals surface area contributed by atoms with Gasteiger partial charge in [-0.3, -0.25) is 4.90 Å². The lowest BCUT2D eigenvalue weighted by atomic mass is 10.0. The molecule has 0 spiro atoms. The van der Waals surface area contributed by atoms with Gasteiger partial charge >= 0.3 is 0 Å². The van der Waals surface area contributed by atoms with Crippen LogP contribution in [0.15, 0.2) is 0 Å². The molecule has 2 fully saturated rings. The molecule has 1 aromatic rings. The van der Waals surface area contributed by atoms with Gasteiger partial charge in [-0.05, 0) is 46.1 Å². The molecule has 2 heterocycles. The average molecular weight is 308 g/mol. The van der Waals surface area contributed by atoms with Crippen molar-refractivity contribution in [1.82, 2.24) is 15.2 Å². The van der Waals surface area contributed by atoms with Crippen LogP contribution in [-0.4, -0.2) is 28.5 Å². The van der Waals surface area contributed by atoms with Crippen molar-refractivity contribution >= 4 is 11.3 Å². The van der Waals surface area contributed by atoms with Crippen LogP contribution in [-0.2, 0) is 13.1 Å². The Kier molecular flexibility index (Phi) is 5.30. The third-order valence-electron chi connectivity index (χ3n) is 5.12. The van der Waals surface area contributed by atoms with E-state index in [-0.39, 0.29) is 0 Å². The van der Waals surface area contributed by atoms with E-state index < -0.39 is 0 Å². The number of nitrogens with one attached hydrogen (secondary N) is 1. The molecule has 2 aliphatic rings.